The Morgan fingerprint density at radius 3 is 2.56 bits per heavy atom. The van der Waals surface area contributed by atoms with Crippen LogP contribution in [0.5, 0.6) is 0 Å². The Morgan fingerprint density at radius 2 is 2.06 bits per heavy atom. The van der Waals surface area contributed by atoms with E-state index in [0.29, 0.717) is 24.9 Å². The molecule has 1 amide bonds. The first-order valence-electron chi connectivity index (χ1n) is 6.35. The van der Waals surface area contributed by atoms with Gasteiger partial charge in [-0.25, -0.2) is 0 Å². The van der Waals surface area contributed by atoms with Gasteiger partial charge in [-0.1, -0.05) is 6.92 Å². The number of hydrogen-bond donors (Lipinski definition) is 2. The minimum atomic E-state index is -0.544. The molecule has 3 aliphatic rings. The number of carbonyl (C=O) groups is 1. The lowest BCUT2D eigenvalue weighted by Gasteiger charge is -2.48. The quantitative estimate of drug-likeness (QED) is 0.692. The first-order chi connectivity index (χ1) is 7.60. The molecule has 3 fully saturated rings. The van der Waals surface area contributed by atoms with Crippen LogP contribution < -0.4 is 5.32 Å². The molecule has 0 radical (unpaired) electrons. The molecule has 3 rings (SSSR count). The monoisotopic (exact) mass is 224 g/mol. The Bertz CT molecular complexity index is 308. The number of likely N-dealkylation sites (tertiary alicyclic amines) is 1. The van der Waals surface area contributed by atoms with Crippen molar-refractivity contribution in [2.24, 2.45) is 11.8 Å². The number of β-amino-alcohol motifs (C(OH)–C–C–N with tert-alkyl or cyclic N) is 1. The minimum Gasteiger partial charge on any atom is -0.386 e. The standard InChI is InChI=1S/C12H20N2O2/c1-8-4-5-13-10(8)11(15)14-6-12(16,7-14)9-2-3-9/h8-10,13,16H,2-7H2,1H3. The number of carbonyl (C=O) groups excluding carboxylic acids is 1. The van der Waals surface area contributed by atoms with Crippen LogP contribution in [0.2, 0.25) is 0 Å². The molecule has 1 aliphatic carbocycles. The Morgan fingerprint density at radius 1 is 1.38 bits per heavy atom. The lowest BCUT2D eigenvalue weighted by molar-refractivity contribution is -0.161. The predicted molar refractivity (Wildman–Crippen MR) is 59.8 cm³/mol. The Labute approximate surface area is 96.0 Å². The number of nitrogens with one attached hydrogen (secondary N) is 1. The summed E-state index contributed by atoms with van der Waals surface area (Å²) in [5, 5.41) is 13.4. The molecular weight excluding hydrogens is 204 g/mol. The summed E-state index contributed by atoms with van der Waals surface area (Å²) in [6.07, 6.45) is 3.35. The van der Waals surface area contributed by atoms with Gasteiger partial charge in [-0.3, -0.25) is 4.79 Å². The maximum Gasteiger partial charge on any atom is 0.240 e. The zero-order chi connectivity index (χ0) is 11.3. The molecule has 4 heteroatoms. The van der Waals surface area contributed by atoms with E-state index in [0.717, 1.165) is 25.8 Å². The van der Waals surface area contributed by atoms with E-state index >= 15 is 0 Å². The summed E-state index contributed by atoms with van der Waals surface area (Å²) in [5.74, 6) is 1.09. The van der Waals surface area contributed by atoms with E-state index in [4.69, 9.17) is 0 Å². The lowest BCUT2D eigenvalue weighted by atomic mass is 9.87. The van der Waals surface area contributed by atoms with E-state index in [9.17, 15) is 9.90 Å². The third-order valence-electron chi connectivity index (χ3n) is 4.38. The van der Waals surface area contributed by atoms with Crippen LogP contribution >= 0.6 is 0 Å². The predicted octanol–water partition coefficient (Wildman–Crippen LogP) is -0.0323. The van der Waals surface area contributed by atoms with Gasteiger partial charge in [0, 0.05) is 0 Å². The van der Waals surface area contributed by atoms with Crippen molar-refractivity contribution in [2.75, 3.05) is 19.6 Å². The average molecular weight is 224 g/mol. The van der Waals surface area contributed by atoms with Gasteiger partial charge in [-0.05, 0) is 37.6 Å². The summed E-state index contributed by atoms with van der Waals surface area (Å²) >= 11 is 0. The number of hydrogen-bond acceptors (Lipinski definition) is 3. The maximum atomic E-state index is 12.1. The van der Waals surface area contributed by atoms with Crippen LogP contribution in [0.15, 0.2) is 0 Å². The molecule has 2 aliphatic heterocycles. The molecular formula is C12H20N2O2. The molecule has 4 nitrogen and oxygen atoms in total. The highest BCUT2D eigenvalue weighted by atomic mass is 16.3. The van der Waals surface area contributed by atoms with Gasteiger partial charge in [0.25, 0.3) is 0 Å². The van der Waals surface area contributed by atoms with Crippen LogP contribution in [0, 0.1) is 11.8 Å². The van der Waals surface area contributed by atoms with Crippen LogP contribution in [0.3, 0.4) is 0 Å². The summed E-state index contributed by atoms with van der Waals surface area (Å²) in [6, 6.07) is -0.0104. The van der Waals surface area contributed by atoms with Crippen LogP contribution in [0.1, 0.15) is 26.2 Å². The SMILES string of the molecule is CC1CCNC1C(=O)N1CC(O)(C2CC2)C1. The van der Waals surface area contributed by atoms with Gasteiger partial charge < -0.3 is 15.3 Å². The second-order valence-electron chi connectivity index (χ2n) is 5.77. The largest absolute Gasteiger partial charge is 0.386 e. The van der Waals surface area contributed by atoms with E-state index in [1.54, 1.807) is 0 Å². The van der Waals surface area contributed by atoms with Gasteiger partial charge in [0.15, 0.2) is 0 Å². The fourth-order valence-electron chi connectivity index (χ4n) is 3.01. The van der Waals surface area contributed by atoms with Gasteiger partial charge >= 0.3 is 0 Å². The van der Waals surface area contributed by atoms with Gasteiger partial charge in [-0.2, -0.15) is 0 Å². The highest BCUT2D eigenvalue weighted by molar-refractivity contribution is 5.83. The molecule has 2 atom stereocenters. The summed E-state index contributed by atoms with van der Waals surface area (Å²) in [4.78, 5) is 13.9. The Hall–Kier alpha value is -0.610. The minimum absolute atomic E-state index is 0.0104. The molecule has 0 bridgehead atoms. The molecule has 2 saturated heterocycles. The second kappa shape index (κ2) is 3.44. The Balaban J connectivity index is 1.57. The molecule has 90 valence electrons. The summed E-state index contributed by atoms with van der Waals surface area (Å²) in [6.45, 7) is 4.18. The zero-order valence-electron chi connectivity index (χ0n) is 9.78. The van der Waals surface area contributed by atoms with E-state index in [2.05, 4.69) is 12.2 Å². The molecule has 0 aromatic rings. The highest BCUT2D eigenvalue weighted by Crippen LogP contribution is 2.44. The highest BCUT2D eigenvalue weighted by Gasteiger charge is 2.54. The van der Waals surface area contributed by atoms with Crippen molar-refractivity contribution in [3.05, 3.63) is 0 Å². The number of rotatable bonds is 2. The third kappa shape index (κ3) is 1.55. The van der Waals surface area contributed by atoms with Crippen molar-refractivity contribution >= 4 is 5.91 Å². The molecule has 2 N–H and O–H groups in total. The molecule has 2 unspecified atom stereocenters. The van der Waals surface area contributed by atoms with Crippen molar-refractivity contribution in [3.8, 4) is 0 Å². The molecule has 0 spiro atoms. The third-order valence-corrected chi connectivity index (χ3v) is 4.38. The topological polar surface area (TPSA) is 52.6 Å². The Kier molecular flexibility index (Phi) is 2.27. The van der Waals surface area contributed by atoms with Crippen LogP contribution in [-0.4, -0.2) is 47.2 Å². The van der Waals surface area contributed by atoms with E-state index in [1.807, 2.05) is 4.90 Å². The first kappa shape index (κ1) is 10.5. The zero-order valence-corrected chi connectivity index (χ0v) is 9.78. The van der Waals surface area contributed by atoms with Crippen molar-refractivity contribution < 1.29 is 9.90 Å². The van der Waals surface area contributed by atoms with Crippen molar-refractivity contribution in [1.29, 1.82) is 0 Å². The summed E-state index contributed by atoms with van der Waals surface area (Å²) in [7, 11) is 0. The van der Waals surface area contributed by atoms with E-state index in [-0.39, 0.29) is 11.9 Å². The van der Waals surface area contributed by atoms with Crippen LogP contribution in [0.25, 0.3) is 0 Å². The van der Waals surface area contributed by atoms with Gasteiger partial charge in [0.05, 0.1) is 19.1 Å². The van der Waals surface area contributed by atoms with Crippen molar-refractivity contribution in [3.63, 3.8) is 0 Å². The van der Waals surface area contributed by atoms with Crippen LogP contribution in [-0.2, 0) is 4.79 Å². The van der Waals surface area contributed by atoms with Gasteiger partial charge in [0.1, 0.15) is 5.60 Å². The summed E-state index contributed by atoms with van der Waals surface area (Å²) < 4.78 is 0. The number of amides is 1. The fourth-order valence-corrected chi connectivity index (χ4v) is 3.01. The summed E-state index contributed by atoms with van der Waals surface area (Å²) in [5.41, 5.74) is -0.544. The van der Waals surface area contributed by atoms with E-state index in [1.165, 1.54) is 0 Å². The fraction of sp³-hybridized carbons (Fsp3) is 0.917. The van der Waals surface area contributed by atoms with Crippen molar-refractivity contribution in [1.82, 2.24) is 10.2 Å². The smallest absolute Gasteiger partial charge is 0.240 e. The molecule has 2 heterocycles. The average Bonchev–Trinajstić information content (AvgIpc) is 2.97. The van der Waals surface area contributed by atoms with Crippen molar-refractivity contribution in [2.45, 2.75) is 37.8 Å². The lowest BCUT2D eigenvalue weighted by Crippen LogP contribution is -2.67. The number of aliphatic hydroxyl groups is 1. The first-order valence-corrected chi connectivity index (χ1v) is 6.35. The van der Waals surface area contributed by atoms with Gasteiger partial charge in [-0.15, -0.1) is 0 Å². The van der Waals surface area contributed by atoms with E-state index < -0.39 is 5.60 Å². The molecule has 0 aromatic carbocycles. The second-order valence-corrected chi connectivity index (χ2v) is 5.77. The molecule has 1 saturated carbocycles. The van der Waals surface area contributed by atoms with Gasteiger partial charge in [0.2, 0.25) is 5.91 Å². The maximum absolute atomic E-state index is 12.1. The number of nitrogens with zero attached hydrogens (tertiary/aromatic N) is 1. The normalized spacial score (nSPS) is 37.2. The molecule has 16 heavy (non-hydrogen) atoms. The molecule has 0 aromatic heterocycles. The van der Waals surface area contributed by atoms with Crippen LogP contribution in [0.4, 0.5) is 0 Å².